The molecule has 0 saturated heterocycles. The predicted octanol–water partition coefficient (Wildman–Crippen LogP) is -0.0365. The Labute approximate surface area is 143 Å². The van der Waals surface area contributed by atoms with Gasteiger partial charge in [-0.1, -0.05) is 0 Å². The first-order valence-corrected chi connectivity index (χ1v) is 7.54. The van der Waals surface area contributed by atoms with Gasteiger partial charge in [0.2, 0.25) is 12.5 Å². The molecule has 0 bridgehead atoms. The standard InChI is InChI=1S/C15H18N6O4/c1-15(2,20-11(22)8-5-6-17-21(8)4)14-18-9(12(23)16-3)10-13(19-14)25-7-24-10/h5-6H,7H2,1-4H3,(H,16,23)(H,20,22). The van der Waals surface area contributed by atoms with Gasteiger partial charge in [-0.15, -0.1) is 0 Å². The summed E-state index contributed by atoms with van der Waals surface area (Å²) in [4.78, 5) is 33.1. The molecule has 2 aromatic heterocycles. The lowest BCUT2D eigenvalue weighted by Gasteiger charge is -2.25. The van der Waals surface area contributed by atoms with Crippen molar-refractivity contribution in [1.29, 1.82) is 0 Å². The Hall–Kier alpha value is -3.17. The summed E-state index contributed by atoms with van der Waals surface area (Å²) in [6.45, 7) is 3.41. The van der Waals surface area contributed by atoms with Gasteiger partial charge in [-0.3, -0.25) is 14.3 Å². The SMILES string of the molecule is CNC(=O)c1nc(C(C)(C)NC(=O)c2ccnn2C)nc2c1OCO2. The van der Waals surface area contributed by atoms with E-state index in [1.54, 1.807) is 27.0 Å². The van der Waals surface area contributed by atoms with Gasteiger partial charge in [0.1, 0.15) is 5.69 Å². The molecule has 0 unspecified atom stereocenters. The topological polar surface area (TPSA) is 120 Å². The molecule has 3 heterocycles. The first kappa shape index (κ1) is 16.7. The first-order chi connectivity index (χ1) is 11.8. The van der Waals surface area contributed by atoms with Crippen LogP contribution in [0.15, 0.2) is 12.3 Å². The molecule has 3 rings (SSSR count). The lowest BCUT2D eigenvalue weighted by atomic mass is 10.0. The van der Waals surface area contributed by atoms with Crippen molar-refractivity contribution in [3.8, 4) is 11.6 Å². The molecule has 1 aliphatic heterocycles. The fourth-order valence-corrected chi connectivity index (χ4v) is 2.35. The van der Waals surface area contributed by atoms with Gasteiger partial charge in [-0.2, -0.15) is 10.1 Å². The Morgan fingerprint density at radius 1 is 1.24 bits per heavy atom. The van der Waals surface area contributed by atoms with E-state index in [1.807, 2.05) is 0 Å². The molecule has 0 fully saturated rings. The molecule has 10 nitrogen and oxygen atoms in total. The highest BCUT2D eigenvalue weighted by molar-refractivity contribution is 5.95. The van der Waals surface area contributed by atoms with E-state index in [2.05, 4.69) is 25.7 Å². The normalized spacial score (nSPS) is 12.8. The maximum atomic E-state index is 12.5. The summed E-state index contributed by atoms with van der Waals surface area (Å²) in [5.41, 5.74) is -0.520. The molecule has 0 aliphatic carbocycles. The van der Waals surface area contributed by atoms with E-state index in [-0.39, 0.29) is 35.8 Å². The van der Waals surface area contributed by atoms with Gasteiger partial charge in [0.05, 0.1) is 5.54 Å². The van der Waals surface area contributed by atoms with Crippen LogP contribution in [0.3, 0.4) is 0 Å². The Balaban J connectivity index is 1.96. The predicted molar refractivity (Wildman–Crippen MR) is 85.2 cm³/mol. The van der Waals surface area contributed by atoms with E-state index in [4.69, 9.17) is 9.47 Å². The van der Waals surface area contributed by atoms with E-state index in [1.165, 1.54) is 17.9 Å². The number of carbonyl (C=O) groups is 2. The van der Waals surface area contributed by atoms with Crippen molar-refractivity contribution in [3.05, 3.63) is 29.5 Å². The minimum atomic E-state index is -0.967. The maximum Gasteiger partial charge on any atom is 0.273 e. The van der Waals surface area contributed by atoms with E-state index < -0.39 is 11.4 Å². The maximum absolute atomic E-state index is 12.5. The summed E-state index contributed by atoms with van der Waals surface area (Å²) in [5, 5.41) is 9.31. The summed E-state index contributed by atoms with van der Waals surface area (Å²) in [6, 6.07) is 1.60. The zero-order chi connectivity index (χ0) is 18.2. The van der Waals surface area contributed by atoms with Crippen LogP contribution in [0.25, 0.3) is 0 Å². The highest BCUT2D eigenvalue weighted by Gasteiger charge is 2.33. The van der Waals surface area contributed by atoms with Crippen LogP contribution in [0.4, 0.5) is 0 Å². The van der Waals surface area contributed by atoms with Crippen LogP contribution in [0.5, 0.6) is 11.6 Å². The first-order valence-electron chi connectivity index (χ1n) is 7.54. The number of carbonyl (C=O) groups excluding carboxylic acids is 2. The van der Waals surface area contributed by atoms with E-state index in [0.717, 1.165) is 0 Å². The molecule has 0 aromatic carbocycles. The Morgan fingerprint density at radius 2 is 2.00 bits per heavy atom. The average molecular weight is 346 g/mol. The fourth-order valence-electron chi connectivity index (χ4n) is 2.35. The molecule has 132 valence electrons. The van der Waals surface area contributed by atoms with Crippen LogP contribution < -0.4 is 20.1 Å². The molecule has 0 spiro atoms. The number of rotatable bonds is 4. The van der Waals surface area contributed by atoms with Crippen molar-refractivity contribution in [1.82, 2.24) is 30.4 Å². The van der Waals surface area contributed by atoms with Crippen molar-refractivity contribution >= 4 is 11.8 Å². The summed E-state index contributed by atoms with van der Waals surface area (Å²) < 4.78 is 12.0. The molecule has 2 aromatic rings. The van der Waals surface area contributed by atoms with Crippen LogP contribution in [0.1, 0.15) is 40.6 Å². The van der Waals surface area contributed by atoms with Gasteiger partial charge < -0.3 is 20.1 Å². The average Bonchev–Trinajstić information content (AvgIpc) is 3.21. The third-order valence-corrected chi connectivity index (χ3v) is 3.71. The van der Waals surface area contributed by atoms with Crippen molar-refractivity contribution in [2.75, 3.05) is 13.8 Å². The molecule has 2 N–H and O–H groups in total. The number of nitrogens with zero attached hydrogens (tertiary/aromatic N) is 4. The summed E-state index contributed by atoms with van der Waals surface area (Å²) in [7, 11) is 3.16. The monoisotopic (exact) mass is 346 g/mol. The smallest absolute Gasteiger partial charge is 0.273 e. The molecule has 10 heteroatoms. The second-order valence-corrected chi connectivity index (χ2v) is 5.93. The second-order valence-electron chi connectivity index (χ2n) is 5.93. The van der Waals surface area contributed by atoms with Crippen LogP contribution in [0.2, 0.25) is 0 Å². The van der Waals surface area contributed by atoms with Gasteiger partial charge in [0.15, 0.2) is 11.5 Å². The van der Waals surface area contributed by atoms with Crippen LogP contribution >= 0.6 is 0 Å². The van der Waals surface area contributed by atoms with Gasteiger partial charge in [-0.05, 0) is 19.9 Å². The quantitative estimate of drug-likeness (QED) is 0.797. The van der Waals surface area contributed by atoms with Crippen molar-refractivity contribution in [2.24, 2.45) is 7.05 Å². The van der Waals surface area contributed by atoms with Gasteiger partial charge in [0, 0.05) is 20.3 Å². The number of aryl methyl sites for hydroxylation is 1. The highest BCUT2D eigenvalue weighted by atomic mass is 16.7. The zero-order valence-electron chi connectivity index (χ0n) is 14.3. The van der Waals surface area contributed by atoms with Crippen LogP contribution in [0, 0.1) is 0 Å². The molecule has 0 radical (unpaired) electrons. The molecule has 1 aliphatic rings. The van der Waals surface area contributed by atoms with Gasteiger partial charge in [-0.25, -0.2) is 4.98 Å². The largest absolute Gasteiger partial charge is 0.449 e. The van der Waals surface area contributed by atoms with Crippen LogP contribution in [-0.4, -0.2) is 45.4 Å². The molecule has 2 amide bonds. The number of amides is 2. The second kappa shape index (κ2) is 6.04. The van der Waals surface area contributed by atoms with Crippen molar-refractivity contribution < 1.29 is 19.1 Å². The summed E-state index contributed by atoms with van der Waals surface area (Å²) >= 11 is 0. The Bertz CT molecular complexity index is 845. The number of nitrogens with one attached hydrogen (secondary N) is 2. The highest BCUT2D eigenvalue weighted by Crippen LogP contribution is 2.34. The molecular weight excluding hydrogens is 328 g/mol. The third-order valence-electron chi connectivity index (χ3n) is 3.71. The Kier molecular flexibility index (Phi) is 4.03. The van der Waals surface area contributed by atoms with Crippen molar-refractivity contribution in [3.63, 3.8) is 0 Å². The lowest BCUT2D eigenvalue weighted by Crippen LogP contribution is -2.43. The lowest BCUT2D eigenvalue weighted by molar-refractivity contribution is 0.0898. The minimum absolute atomic E-state index is 0.0424. The third kappa shape index (κ3) is 2.97. The van der Waals surface area contributed by atoms with E-state index >= 15 is 0 Å². The molecule has 0 atom stereocenters. The number of hydrogen-bond donors (Lipinski definition) is 2. The molecule has 0 saturated carbocycles. The number of aromatic nitrogens is 4. The number of ether oxygens (including phenoxy) is 2. The molecular formula is C15H18N6O4. The van der Waals surface area contributed by atoms with E-state index in [0.29, 0.717) is 5.69 Å². The summed E-state index contributed by atoms with van der Waals surface area (Å²) in [5.74, 6) is -0.180. The Morgan fingerprint density at radius 3 is 2.64 bits per heavy atom. The number of fused-ring (bicyclic) bond motifs is 1. The molecule has 25 heavy (non-hydrogen) atoms. The van der Waals surface area contributed by atoms with Gasteiger partial charge in [0.25, 0.3) is 17.7 Å². The van der Waals surface area contributed by atoms with Crippen molar-refractivity contribution in [2.45, 2.75) is 19.4 Å². The van der Waals surface area contributed by atoms with E-state index in [9.17, 15) is 9.59 Å². The zero-order valence-corrected chi connectivity index (χ0v) is 14.3. The number of hydrogen-bond acceptors (Lipinski definition) is 7. The summed E-state index contributed by atoms with van der Waals surface area (Å²) in [6.07, 6.45) is 1.53. The van der Waals surface area contributed by atoms with Gasteiger partial charge >= 0.3 is 0 Å². The van der Waals surface area contributed by atoms with Crippen LogP contribution in [-0.2, 0) is 12.6 Å². The minimum Gasteiger partial charge on any atom is -0.449 e. The fraction of sp³-hybridized carbons (Fsp3) is 0.400.